The highest BCUT2D eigenvalue weighted by Gasteiger charge is 2.13. The Kier molecular flexibility index (Phi) is 6.88. The van der Waals surface area contributed by atoms with Crippen LogP contribution >= 0.6 is 34.5 Å². The van der Waals surface area contributed by atoms with Crippen molar-refractivity contribution in [1.82, 2.24) is 5.43 Å². The van der Waals surface area contributed by atoms with Crippen molar-refractivity contribution >= 4 is 62.4 Å². The van der Waals surface area contributed by atoms with Crippen molar-refractivity contribution in [3.05, 3.63) is 103 Å². The zero-order valence-corrected chi connectivity index (χ0v) is 19.2. The van der Waals surface area contributed by atoms with Gasteiger partial charge in [0, 0.05) is 27.8 Å². The molecule has 33 heavy (non-hydrogen) atoms. The Bertz CT molecular complexity index is 1390. The number of non-ortho nitro benzene ring substituents is 1. The maximum absolute atomic E-state index is 12.5. The number of amides is 1. The van der Waals surface area contributed by atoms with Crippen LogP contribution in [0.4, 0.5) is 5.69 Å². The number of hydrogen-bond donors (Lipinski definition) is 1. The summed E-state index contributed by atoms with van der Waals surface area (Å²) in [5, 5.41) is 16.5. The number of carbonyl (C=O) groups excluding carboxylic acids is 1. The number of nitro groups is 1. The van der Waals surface area contributed by atoms with Crippen LogP contribution in [0.3, 0.4) is 0 Å². The predicted molar refractivity (Wildman–Crippen MR) is 131 cm³/mol. The number of benzene rings is 3. The van der Waals surface area contributed by atoms with E-state index in [1.165, 1.54) is 29.7 Å². The van der Waals surface area contributed by atoms with E-state index in [0.29, 0.717) is 31.6 Å². The zero-order valence-electron chi connectivity index (χ0n) is 16.8. The van der Waals surface area contributed by atoms with E-state index < -0.39 is 10.8 Å². The summed E-state index contributed by atoms with van der Waals surface area (Å²) in [7, 11) is 0. The molecular formula is C23H15Cl2N3O4S. The number of hydrogen-bond acceptors (Lipinski definition) is 6. The number of fused-ring (bicyclic) bond motifs is 1. The third kappa shape index (κ3) is 5.48. The van der Waals surface area contributed by atoms with Gasteiger partial charge in [-0.1, -0.05) is 41.4 Å². The van der Waals surface area contributed by atoms with Gasteiger partial charge in [-0.2, -0.15) is 5.10 Å². The molecule has 0 saturated carbocycles. The van der Waals surface area contributed by atoms with Gasteiger partial charge in [-0.15, -0.1) is 11.3 Å². The quantitative estimate of drug-likeness (QED) is 0.179. The second-order valence-corrected chi connectivity index (χ2v) is 8.76. The third-order valence-electron chi connectivity index (χ3n) is 4.60. The molecule has 7 nitrogen and oxygen atoms in total. The van der Waals surface area contributed by atoms with Crippen molar-refractivity contribution < 1.29 is 14.5 Å². The lowest BCUT2D eigenvalue weighted by Crippen LogP contribution is -2.16. The maximum atomic E-state index is 12.5. The first-order chi connectivity index (χ1) is 15.9. The number of para-hydroxylation sites is 1. The SMILES string of the molecule is O=C(NN=Cc1ccccc1OCc1ccc(Cl)c(Cl)c1)c1cc2cc([N+](=O)[O-])ccc2s1. The second-order valence-electron chi connectivity index (χ2n) is 6.86. The van der Waals surface area contributed by atoms with E-state index in [-0.39, 0.29) is 12.3 Å². The highest BCUT2D eigenvalue weighted by atomic mass is 35.5. The highest BCUT2D eigenvalue weighted by Crippen LogP contribution is 2.29. The van der Waals surface area contributed by atoms with E-state index in [1.54, 1.807) is 36.4 Å². The number of carbonyl (C=O) groups is 1. The summed E-state index contributed by atoms with van der Waals surface area (Å²) >= 11 is 13.2. The fourth-order valence-electron chi connectivity index (χ4n) is 2.98. The van der Waals surface area contributed by atoms with Crippen LogP contribution in [0.15, 0.2) is 71.8 Å². The van der Waals surface area contributed by atoms with Gasteiger partial charge in [-0.05, 0) is 42.0 Å². The van der Waals surface area contributed by atoms with Gasteiger partial charge in [0.1, 0.15) is 12.4 Å². The summed E-state index contributed by atoms with van der Waals surface area (Å²) in [6.45, 7) is 0.280. The molecule has 0 fully saturated rings. The molecule has 1 heterocycles. The van der Waals surface area contributed by atoms with Crippen molar-refractivity contribution in [2.24, 2.45) is 5.10 Å². The lowest BCUT2D eigenvalue weighted by molar-refractivity contribution is -0.384. The molecule has 166 valence electrons. The Morgan fingerprint density at radius 1 is 1.09 bits per heavy atom. The first-order valence-corrected chi connectivity index (χ1v) is 11.1. The van der Waals surface area contributed by atoms with E-state index in [2.05, 4.69) is 10.5 Å². The van der Waals surface area contributed by atoms with E-state index in [0.717, 1.165) is 10.3 Å². The lowest BCUT2D eigenvalue weighted by atomic mass is 10.2. The molecule has 0 aliphatic carbocycles. The van der Waals surface area contributed by atoms with E-state index in [9.17, 15) is 14.9 Å². The third-order valence-corrected chi connectivity index (χ3v) is 6.46. The molecule has 4 aromatic rings. The molecule has 0 aliphatic rings. The van der Waals surface area contributed by atoms with Crippen LogP contribution in [-0.4, -0.2) is 17.0 Å². The Morgan fingerprint density at radius 3 is 2.70 bits per heavy atom. The van der Waals surface area contributed by atoms with Crippen LogP contribution in [0.2, 0.25) is 10.0 Å². The Labute approximate surface area is 202 Å². The second kappa shape index (κ2) is 9.99. The predicted octanol–water partition coefficient (Wildman–Crippen LogP) is 6.46. The van der Waals surface area contributed by atoms with Gasteiger partial charge in [0.05, 0.1) is 26.1 Å². The van der Waals surface area contributed by atoms with Crippen LogP contribution in [0.25, 0.3) is 10.1 Å². The summed E-state index contributed by atoms with van der Waals surface area (Å²) < 4.78 is 6.65. The molecular weight excluding hydrogens is 485 g/mol. The molecule has 4 rings (SSSR count). The average Bonchev–Trinajstić information content (AvgIpc) is 3.24. The molecule has 0 bridgehead atoms. The molecule has 0 spiro atoms. The molecule has 0 radical (unpaired) electrons. The van der Waals surface area contributed by atoms with Crippen LogP contribution in [0.1, 0.15) is 20.8 Å². The first kappa shape index (κ1) is 22.7. The number of thiophene rings is 1. The Hall–Kier alpha value is -3.46. The van der Waals surface area contributed by atoms with Crippen LogP contribution < -0.4 is 10.2 Å². The minimum atomic E-state index is -0.470. The molecule has 0 unspecified atom stereocenters. The van der Waals surface area contributed by atoms with Crippen molar-refractivity contribution in [1.29, 1.82) is 0 Å². The molecule has 10 heteroatoms. The number of nitrogens with one attached hydrogen (secondary N) is 1. The lowest BCUT2D eigenvalue weighted by Gasteiger charge is -2.09. The summed E-state index contributed by atoms with van der Waals surface area (Å²) in [6, 6.07) is 18.6. The van der Waals surface area contributed by atoms with Crippen LogP contribution in [0, 0.1) is 10.1 Å². The molecule has 0 saturated heterocycles. The van der Waals surface area contributed by atoms with Crippen molar-refractivity contribution in [3.63, 3.8) is 0 Å². The van der Waals surface area contributed by atoms with Gasteiger partial charge in [0.25, 0.3) is 11.6 Å². The minimum absolute atomic E-state index is 0.0252. The molecule has 0 atom stereocenters. The number of nitro benzene ring substituents is 1. The topological polar surface area (TPSA) is 93.8 Å². The smallest absolute Gasteiger partial charge is 0.281 e. The number of halogens is 2. The molecule has 3 aromatic carbocycles. The summed E-state index contributed by atoms with van der Waals surface area (Å²) in [6.07, 6.45) is 1.49. The van der Waals surface area contributed by atoms with E-state index in [4.69, 9.17) is 27.9 Å². The van der Waals surface area contributed by atoms with Gasteiger partial charge in [0.2, 0.25) is 0 Å². The van der Waals surface area contributed by atoms with Crippen LogP contribution in [-0.2, 0) is 6.61 Å². The van der Waals surface area contributed by atoms with Gasteiger partial charge in [-0.25, -0.2) is 5.43 Å². The summed E-state index contributed by atoms with van der Waals surface area (Å²) in [5.41, 5.74) is 3.98. The van der Waals surface area contributed by atoms with Crippen molar-refractivity contribution in [2.75, 3.05) is 0 Å². The monoisotopic (exact) mass is 499 g/mol. The van der Waals surface area contributed by atoms with Crippen molar-refractivity contribution in [2.45, 2.75) is 6.61 Å². The number of nitrogens with zero attached hydrogens (tertiary/aromatic N) is 2. The number of hydrazone groups is 1. The first-order valence-electron chi connectivity index (χ1n) is 9.58. The normalized spacial score (nSPS) is 11.1. The zero-order chi connectivity index (χ0) is 23.4. The largest absolute Gasteiger partial charge is 0.488 e. The number of ether oxygens (including phenoxy) is 1. The molecule has 0 aliphatic heterocycles. The van der Waals surface area contributed by atoms with Gasteiger partial charge >= 0.3 is 0 Å². The van der Waals surface area contributed by atoms with E-state index in [1.807, 2.05) is 18.2 Å². The fourth-order valence-corrected chi connectivity index (χ4v) is 4.23. The van der Waals surface area contributed by atoms with Gasteiger partial charge < -0.3 is 4.74 Å². The summed E-state index contributed by atoms with van der Waals surface area (Å²) in [4.78, 5) is 23.3. The highest BCUT2D eigenvalue weighted by molar-refractivity contribution is 7.20. The van der Waals surface area contributed by atoms with E-state index >= 15 is 0 Å². The van der Waals surface area contributed by atoms with Gasteiger partial charge in [-0.3, -0.25) is 14.9 Å². The van der Waals surface area contributed by atoms with Crippen LogP contribution in [0.5, 0.6) is 5.75 Å². The summed E-state index contributed by atoms with van der Waals surface area (Å²) in [5.74, 6) is 0.167. The average molecular weight is 500 g/mol. The Morgan fingerprint density at radius 2 is 1.91 bits per heavy atom. The molecule has 1 amide bonds. The Balaban J connectivity index is 1.43. The molecule has 1 N–H and O–H groups in total. The standard InChI is InChI=1S/C23H15Cl2N3O4S/c24-18-7-5-14(9-19(18)25)13-32-20-4-2-1-3-15(20)12-26-27-23(29)22-11-16-10-17(28(30)31)6-8-21(16)33-22/h1-12H,13H2,(H,27,29). The number of rotatable bonds is 7. The molecule has 1 aromatic heterocycles. The van der Waals surface area contributed by atoms with Crippen molar-refractivity contribution in [3.8, 4) is 5.75 Å². The maximum Gasteiger partial charge on any atom is 0.281 e. The minimum Gasteiger partial charge on any atom is -0.488 e. The van der Waals surface area contributed by atoms with Gasteiger partial charge in [0.15, 0.2) is 0 Å². The fraction of sp³-hybridized carbons (Fsp3) is 0.0435.